The Balaban J connectivity index is 0.000000253. The summed E-state index contributed by atoms with van der Waals surface area (Å²) in [6.45, 7) is 18.8. The molecule has 1 fully saturated rings. The van der Waals surface area contributed by atoms with Crippen LogP contribution >= 0.6 is 127 Å². The fourth-order valence-electron chi connectivity index (χ4n) is 9.64. The van der Waals surface area contributed by atoms with Gasteiger partial charge >= 0.3 is 37.0 Å². The summed E-state index contributed by atoms with van der Waals surface area (Å²) in [5.74, 6) is 2.72. The first kappa shape index (κ1) is 100. The highest BCUT2D eigenvalue weighted by atomic mass is 127. The van der Waals surface area contributed by atoms with Gasteiger partial charge in [0, 0.05) is 25.1 Å². The van der Waals surface area contributed by atoms with Gasteiger partial charge in [0.15, 0.2) is 21.8 Å². The number of carbonyl (C=O) groups excluding carboxylic acids is 6. The predicted molar refractivity (Wildman–Crippen MR) is 458 cm³/mol. The van der Waals surface area contributed by atoms with Crippen molar-refractivity contribution in [2.75, 3.05) is 68.6 Å². The number of nitrogens with zero attached hydrogens (tertiary/aromatic N) is 10. The molecular weight excluding hydrogens is 1860 g/mol. The lowest BCUT2D eigenvalue weighted by atomic mass is 9.90. The topological polar surface area (TPSA) is 302 Å². The molecule has 0 unspecified atom stereocenters. The van der Waals surface area contributed by atoms with E-state index >= 15 is 0 Å². The number of alkyl halides is 6. The summed E-state index contributed by atoms with van der Waals surface area (Å²) in [5.41, 5.74) is 0.889. The monoisotopic (exact) mass is 1940 g/mol. The van der Waals surface area contributed by atoms with E-state index < -0.39 is 45.3 Å². The normalized spacial score (nSPS) is 12.0. The summed E-state index contributed by atoms with van der Waals surface area (Å²) < 4.78 is 94.7. The van der Waals surface area contributed by atoms with Gasteiger partial charge in [0.1, 0.15) is 96.1 Å². The number of rotatable bonds is 29. The van der Waals surface area contributed by atoms with Gasteiger partial charge in [0.05, 0.1) is 117 Å². The Labute approximate surface area is 743 Å². The molecule has 0 amide bonds. The van der Waals surface area contributed by atoms with Crippen LogP contribution in [0.5, 0.6) is 28.7 Å². The number of methoxy groups -OCH3 is 5. The predicted octanol–water partition coefficient (Wildman–Crippen LogP) is 18.4. The van der Waals surface area contributed by atoms with E-state index in [0.29, 0.717) is 121 Å². The van der Waals surface area contributed by atoms with Gasteiger partial charge in [-0.05, 0) is 178 Å². The lowest BCUT2D eigenvalue weighted by molar-refractivity contribution is 0.00578. The van der Waals surface area contributed by atoms with Crippen LogP contribution in [0.3, 0.4) is 0 Å². The fourth-order valence-corrected chi connectivity index (χ4v) is 10.9. The number of hydrogen-bond donors (Lipinski definition) is 0. The minimum Gasteiger partial charge on any atom is -0.492 e. The van der Waals surface area contributed by atoms with E-state index in [0.717, 1.165) is 22.3 Å². The fraction of sp³-hybridized carbons (Fsp3) is 0.295. The van der Waals surface area contributed by atoms with Gasteiger partial charge in [0.2, 0.25) is 0 Å². The molecule has 11 rings (SSSR count). The summed E-state index contributed by atoms with van der Waals surface area (Å²) >= 11 is 50.3. The SMILES string of the molecule is C=CB1OC(C)(C)C(C)(C)O1.C=Cc1ncc(C(=O)OC)n1CCOc1ccc(Cl)cc1.COC(=O)c1cnc(C(F)F)n1CCOc1ccc(Cl)cc1.COC(=O)c1cnc(C=O)n1CCOc1ccc(Cl)cc1.COC(=O)c1cnc(I)n1CCOc1ccc(Cl)cc1.COC(=O)c1cncn1CCOc1ccc(Cl)cc1.ClC(Cl)(Cl)Cl. The van der Waals surface area contributed by atoms with Gasteiger partial charge in [-0.15, -0.1) is 6.58 Å². The van der Waals surface area contributed by atoms with Crippen LogP contribution in [-0.4, -0.2) is 174 Å². The molecule has 28 nitrogen and oxygen atoms in total. The number of esters is 5. The number of hydrogen-bond acceptors (Lipinski definition) is 23. The molecule has 10 aromatic rings. The standard InChI is InChI=1S/C15H15ClN2O3.C14H13ClF2N2O3.C14H13ClN2O4.C13H12ClIN2O3.C13H13ClN2O3.C8H15BO2.CCl4/c1-3-14-17-10-13(15(19)20-2)18(14)8-9-21-12-6-4-11(16)5-7-12;1-21-14(20)11-8-18-13(12(16)17)19(11)6-7-22-10-4-2-9(15)3-5-10;1-20-14(19)12-8-16-13(9-18)17(12)6-7-21-11-4-2-10(15)3-5-11;1-19-12(18)11-8-16-13(15)17(11)6-7-20-10-4-2-9(14)3-5-10;1-18-13(17)12-8-15-9-16(12)6-7-19-11-4-2-10(14)3-5-11;1-6-9-10-7(2,3)8(4,5)11-9;2-1(3,4)5/h3-7,10H,1,8-9H2,2H3;2-5,8,12H,6-7H2,1H3;2-5,8-9H,6-7H2,1H3;2-5,8H,6-7H2,1H3;2-5,8-9H,6-7H2,1H3;6H,1H2,2-5H3;. The van der Waals surface area contributed by atoms with Crippen molar-refractivity contribution in [2.24, 2.45) is 0 Å². The Hall–Kier alpha value is -9.17. The molecule has 0 radical (unpaired) electrons. The van der Waals surface area contributed by atoms with Gasteiger partial charge in [-0.3, -0.25) is 4.79 Å². The van der Waals surface area contributed by atoms with E-state index in [-0.39, 0.29) is 55.3 Å². The van der Waals surface area contributed by atoms with Crippen LogP contribution < -0.4 is 23.7 Å². The molecule has 6 heterocycles. The van der Waals surface area contributed by atoms with Crippen molar-refractivity contribution >= 4 is 176 Å². The molecule has 0 atom stereocenters. The quantitative estimate of drug-likeness (QED) is 0.0105. The number of benzene rings is 5. The summed E-state index contributed by atoms with van der Waals surface area (Å²) in [6.07, 6.45) is 7.72. The van der Waals surface area contributed by atoms with Crippen molar-refractivity contribution in [1.29, 1.82) is 0 Å². The van der Waals surface area contributed by atoms with Gasteiger partial charge in [-0.2, -0.15) is 0 Å². The molecule has 119 heavy (non-hydrogen) atoms. The van der Waals surface area contributed by atoms with Crippen molar-refractivity contribution in [3.05, 3.63) is 253 Å². The molecule has 0 spiro atoms. The van der Waals surface area contributed by atoms with Crippen LogP contribution in [-0.2, 0) is 65.7 Å². The second-order valence-corrected chi connectivity index (χ2v) is 31.0. The number of imidazole rings is 5. The Kier molecular flexibility index (Phi) is 42.9. The van der Waals surface area contributed by atoms with Gasteiger partial charge in [-0.25, -0.2) is 57.7 Å². The summed E-state index contributed by atoms with van der Waals surface area (Å²) in [6, 6.07) is 34.8. The third kappa shape index (κ3) is 33.8. The number of carbonyl (C=O) groups is 6. The molecule has 41 heteroatoms. The molecule has 0 N–H and O–H groups in total. The molecule has 1 aliphatic heterocycles. The van der Waals surface area contributed by atoms with Crippen molar-refractivity contribution < 1.29 is 94.2 Å². The van der Waals surface area contributed by atoms with Crippen LogP contribution in [0.25, 0.3) is 6.08 Å². The highest BCUT2D eigenvalue weighted by Gasteiger charge is 2.49. The van der Waals surface area contributed by atoms with Gasteiger partial charge < -0.3 is 79.5 Å². The van der Waals surface area contributed by atoms with Gasteiger partial charge in [0.25, 0.3) is 9.68 Å². The van der Waals surface area contributed by atoms with E-state index in [1.54, 1.807) is 153 Å². The van der Waals surface area contributed by atoms with E-state index in [2.05, 4.69) is 74.9 Å². The van der Waals surface area contributed by atoms with Crippen LogP contribution in [0.4, 0.5) is 8.78 Å². The minimum absolute atomic E-state index is 0.0345. The first-order valence-electron chi connectivity index (χ1n) is 34.8. The zero-order chi connectivity index (χ0) is 88.0. The largest absolute Gasteiger partial charge is 0.492 e. The maximum absolute atomic E-state index is 12.9. The Morgan fingerprint density at radius 2 is 0.739 bits per heavy atom. The molecule has 5 aromatic carbocycles. The van der Waals surface area contributed by atoms with Crippen LogP contribution in [0.1, 0.15) is 109 Å². The summed E-state index contributed by atoms with van der Waals surface area (Å²) in [7, 11) is 6.20. The average Bonchev–Trinajstić information content (AvgIpc) is 1.62. The second kappa shape index (κ2) is 50.8. The van der Waals surface area contributed by atoms with Crippen molar-refractivity contribution in [3.8, 4) is 28.7 Å². The van der Waals surface area contributed by atoms with E-state index in [4.69, 9.17) is 147 Å². The van der Waals surface area contributed by atoms with E-state index in [1.165, 1.54) is 64.9 Å². The first-order valence-corrected chi connectivity index (χ1v) is 39.3. The highest BCUT2D eigenvalue weighted by molar-refractivity contribution is 14.1. The summed E-state index contributed by atoms with van der Waals surface area (Å²) in [5, 5.41) is 3.16. The van der Waals surface area contributed by atoms with Crippen molar-refractivity contribution in [1.82, 2.24) is 47.8 Å². The Morgan fingerprint density at radius 3 is 1.06 bits per heavy atom. The third-order valence-corrected chi connectivity index (χ3v) is 18.2. The number of aldehydes is 1. The van der Waals surface area contributed by atoms with E-state index in [1.807, 2.05) is 27.7 Å². The number of aromatic nitrogens is 10. The molecule has 1 aliphatic rings. The lowest BCUT2D eigenvalue weighted by Crippen LogP contribution is -2.41. The average molecular weight is 1940 g/mol. The number of halogens is 12. The summed E-state index contributed by atoms with van der Waals surface area (Å²) in [4.78, 5) is 88.3. The first-order chi connectivity index (χ1) is 56.5. The third-order valence-electron chi connectivity index (χ3n) is 16.1. The Morgan fingerprint density at radius 1 is 0.454 bits per heavy atom. The second-order valence-electron chi connectivity index (χ2n) is 24.4. The minimum atomic E-state index is -2.80. The molecule has 1 saturated heterocycles. The van der Waals surface area contributed by atoms with E-state index in [9.17, 15) is 37.5 Å². The molecule has 5 aromatic heterocycles. The van der Waals surface area contributed by atoms with Crippen LogP contribution in [0, 0.1) is 3.83 Å². The molecule has 0 aliphatic carbocycles. The maximum Gasteiger partial charge on any atom is 0.486 e. The Bertz CT molecular complexity index is 4730. The maximum atomic E-state index is 12.9. The smallest absolute Gasteiger partial charge is 0.486 e. The number of ether oxygens (including phenoxy) is 10. The van der Waals surface area contributed by atoms with Gasteiger partial charge in [-0.1, -0.05) is 117 Å². The zero-order valence-corrected chi connectivity index (χ0v) is 74.2. The molecule has 638 valence electrons. The zero-order valence-electron chi connectivity index (χ0n) is 65.2. The van der Waals surface area contributed by atoms with Crippen molar-refractivity contribution in [2.45, 2.75) is 81.3 Å². The van der Waals surface area contributed by atoms with Crippen LogP contribution in [0.15, 0.2) is 178 Å². The molecule has 0 bridgehead atoms. The molecule has 0 saturated carbocycles. The highest BCUT2D eigenvalue weighted by Crippen LogP contribution is 2.37. The lowest BCUT2D eigenvalue weighted by Gasteiger charge is -2.32. The van der Waals surface area contributed by atoms with Crippen molar-refractivity contribution in [3.63, 3.8) is 0 Å². The molecular formula is C78H81BCl9F2IN10O18. The van der Waals surface area contributed by atoms with Crippen LogP contribution in [0.2, 0.25) is 25.1 Å².